The highest BCUT2D eigenvalue weighted by molar-refractivity contribution is 14.1. The van der Waals surface area contributed by atoms with Gasteiger partial charge < -0.3 is 4.74 Å². The topological polar surface area (TPSA) is 39.2 Å². The van der Waals surface area contributed by atoms with Crippen LogP contribution in [0.5, 0.6) is 5.75 Å². The smallest absolute Gasteiger partial charge is 0.433 e. The number of rotatable bonds is 4. The van der Waals surface area contributed by atoms with E-state index in [0.717, 1.165) is 9.64 Å². The molecule has 3 nitrogen and oxygen atoms in total. The van der Waals surface area contributed by atoms with E-state index < -0.39 is 11.9 Å². The Labute approximate surface area is 132 Å². The van der Waals surface area contributed by atoms with Gasteiger partial charge in [-0.05, 0) is 40.8 Å². The maximum Gasteiger partial charge on any atom is 0.433 e. The van der Waals surface area contributed by atoms with Gasteiger partial charge in [0.2, 0.25) is 0 Å². The average Bonchev–Trinajstić information content (AvgIpc) is 2.43. The van der Waals surface area contributed by atoms with Crippen LogP contribution in [0.25, 0.3) is 10.9 Å². The van der Waals surface area contributed by atoms with E-state index in [1.807, 2.05) is 22.6 Å². The van der Waals surface area contributed by atoms with Crippen molar-refractivity contribution in [1.82, 2.24) is 4.98 Å². The Balaban J connectivity index is 2.52. The minimum atomic E-state index is -4.57. The van der Waals surface area contributed by atoms with E-state index in [1.54, 1.807) is 19.1 Å². The molecule has 0 fully saturated rings. The molecule has 0 atom stereocenters. The summed E-state index contributed by atoms with van der Waals surface area (Å²) in [6.45, 7) is 1.42. The van der Waals surface area contributed by atoms with E-state index in [2.05, 4.69) is 4.98 Å². The standard InChI is InChI=1S/C14H11F3INO2/c1-2-9(20)7-21-12-6-13(14(15,16)17)19-11-4-3-8(18)5-10(11)12/h3-6H,2,7H2,1H3. The molecule has 0 aliphatic rings. The minimum absolute atomic E-state index is 0.0210. The van der Waals surface area contributed by atoms with E-state index in [0.29, 0.717) is 5.39 Å². The van der Waals surface area contributed by atoms with Crippen LogP contribution in [0.2, 0.25) is 0 Å². The molecule has 2 rings (SSSR count). The summed E-state index contributed by atoms with van der Waals surface area (Å²) < 4.78 is 44.7. The van der Waals surface area contributed by atoms with Gasteiger partial charge in [-0.15, -0.1) is 0 Å². The Morgan fingerprint density at radius 1 is 1.33 bits per heavy atom. The average molecular weight is 409 g/mol. The van der Waals surface area contributed by atoms with Crippen LogP contribution in [0.4, 0.5) is 13.2 Å². The summed E-state index contributed by atoms with van der Waals surface area (Å²) in [6.07, 6.45) is -4.29. The van der Waals surface area contributed by atoms with Crippen molar-refractivity contribution < 1.29 is 22.7 Å². The molecule has 1 aromatic heterocycles. The molecular weight excluding hydrogens is 398 g/mol. The van der Waals surface area contributed by atoms with E-state index in [9.17, 15) is 18.0 Å². The molecule has 0 N–H and O–H groups in total. The highest BCUT2D eigenvalue weighted by atomic mass is 127. The number of carbonyl (C=O) groups is 1. The van der Waals surface area contributed by atoms with Crippen LogP contribution in [0.15, 0.2) is 24.3 Å². The van der Waals surface area contributed by atoms with Gasteiger partial charge in [-0.25, -0.2) is 4.98 Å². The molecule has 1 aromatic carbocycles. The third-order valence-corrected chi connectivity index (χ3v) is 3.48. The van der Waals surface area contributed by atoms with Crippen LogP contribution in [0.3, 0.4) is 0 Å². The third kappa shape index (κ3) is 3.84. The monoisotopic (exact) mass is 409 g/mol. The van der Waals surface area contributed by atoms with Gasteiger partial charge in [0.15, 0.2) is 5.78 Å². The maximum absolute atomic E-state index is 12.9. The molecule has 0 aliphatic carbocycles. The van der Waals surface area contributed by atoms with Crippen molar-refractivity contribution in [3.63, 3.8) is 0 Å². The van der Waals surface area contributed by atoms with Crippen molar-refractivity contribution >= 4 is 39.3 Å². The summed E-state index contributed by atoms with van der Waals surface area (Å²) in [7, 11) is 0. The fraction of sp³-hybridized carbons (Fsp3) is 0.286. The van der Waals surface area contributed by atoms with Crippen LogP contribution in [0.1, 0.15) is 19.0 Å². The first kappa shape index (κ1) is 16.0. The zero-order valence-corrected chi connectivity index (χ0v) is 13.2. The highest BCUT2D eigenvalue weighted by Crippen LogP contribution is 2.34. The van der Waals surface area contributed by atoms with Crippen LogP contribution < -0.4 is 4.74 Å². The number of fused-ring (bicyclic) bond motifs is 1. The fourth-order valence-corrected chi connectivity index (χ4v) is 2.18. The lowest BCUT2D eigenvalue weighted by Crippen LogP contribution is -2.12. The first-order chi connectivity index (χ1) is 9.81. The summed E-state index contributed by atoms with van der Waals surface area (Å²) in [5.74, 6) is -0.160. The van der Waals surface area contributed by atoms with Crippen molar-refractivity contribution in [2.75, 3.05) is 6.61 Å². The number of ketones is 1. The molecule has 2 aromatic rings. The van der Waals surface area contributed by atoms with Crippen molar-refractivity contribution in [1.29, 1.82) is 0 Å². The maximum atomic E-state index is 12.9. The van der Waals surface area contributed by atoms with Gasteiger partial charge in [-0.2, -0.15) is 13.2 Å². The van der Waals surface area contributed by atoms with E-state index >= 15 is 0 Å². The number of nitrogens with zero attached hydrogens (tertiary/aromatic N) is 1. The first-order valence-corrected chi connectivity index (χ1v) is 7.21. The zero-order valence-electron chi connectivity index (χ0n) is 11.0. The second-order valence-corrected chi connectivity index (χ2v) is 5.59. The SMILES string of the molecule is CCC(=O)COc1cc(C(F)(F)F)nc2ccc(I)cc12. The van der Waals surface area contributed by atoms with Crippen molar-refractivity contribution in [3.05, 3.63) is 33.5 Å². The Bertz CT molecular complexity index is 686. The number of aromatic nitrogens is 1. The summed E-state index contributed by atoms with van der Waals surface area (Å²) in [5.41, 5.74) is -0.848. The first-order valence-electron chi connectivity index (χ1n) is 6.13. The van der Waals surface area contributed by atoms with Crippen LogP contribution in [-0.4, -0.2) is 17.4 Å². The molecule has 0 saturated carbocycles. The number of benzene rings is 1. The van der Waals surface area contributed by atoms with Gasteiger partial charge in [-0.3, -0.25) is 4.79 Å². The van der Waals surface area contributed by atoms with Gasteiger partial charge >= 0.3 is 6.18 Å². The minimum Gasteiger partial charge on any atom is -0.485 e. The number of halogens is 4. The summed E-state index contributed by atoms with van der Waals surface area (Å²) in [5, 5.41) is 0.457. The molecule has 0 unspecified atom stereocenters. The Morgan fingerprint density at radius 2 is 2.05 bits per heavy atom. The summed E-state index contributed by atoms with van der Waals surface area (Å²) in [4.78, 5) is 14.9. The second-order valence-electron chi connectivity index (χ2n) is 4.35. The second kappa shape index (κ2) is 6.17. The van der Waals surface area contributed by atoms with Gasteiger partial charge in [0.1, 0.15) is 18.1 Å². The number of pyridine rings is 1. The van der Waals surface area contributed by atoms with Crippen LogP contribution >= 0.6 is 22.6 Å². The van der Waals surface area contributed by atoms with E-state index in [1.165, 1.54) is 6.07 Å². The van der Waals surface area contributed by atoms with Gasteiger partial charge in [0.05, 0.1) is 5.52 Å². The van der Waals surface area contributed by atoms with Crippen molar-refractivity contribution in [3.8, 4) is 5.75 Å². The normalized spacial score (nSPS) is 11.7. The van der Waals surface area contributed by atoms with E-state index in [4.69, 9.17) is 4.74 Å². The molecule has 7 heteroatoms. The third-order valence-electron chi connectivity index (χ3n) is 2.81. The number of hydrogen-bond donors (Lipinski definition) is 0. The summed E-state index contributed by atoms with van der Waals surface area (Å²) >= 11 is 2.05. The molecule has 0 amide bonds. The lowest BCUT2D eigenvalue weighted by Gasteiger charge is -2.12. The predicted molar refractivity (Wildman–Crippen MR) is 80.3 cm³/mol. The molecule has 0 spiro atoms. The quantitative estimate of drug-likeness (QED) is 0.711. The largest absolute Gasteiger partial charge is 0.485 e. The lowest BCUT2D eigenvalue weighted by molar-refractivity contribution is -0.141. The van der Waals surface area contributed by atoms with Crippen molar-refractivity contribution in [2.45, 2.75) is 19.5 Å². The molecule has 0 bridgehead atoms. The van der Waals surface area contributed by atoms with Crippen molar-refractivity contribution in [2.24, 2.45) is 0 Å². The number of ether oxygens (including phenoxy) is 1. The molecule has 112 valence electrons. The van der Waals surface area contributed by atoms with E-state index in [-0.39, 0.29) is 30.1 Å². The van der Waals surface area contributed by atoms with Gasteiger partial charge in [-0.1, -0.05) is 6.92 Å². The molecule has 21 heavy (non-hydrogen) atoms. The molecule has 0 saturated heterocycles. The molecule has 1 heterocycles. The molecule has 0 aliphatic heterocycles. The Kier molecular flexibility index (Phi) is 4.70. The van der Waals surface area contributed by atoms with Crippen LogP contribution in [-0.2, 0) is 11.0 Å². The van der Waals surface area contributed by atoms with Gasteiger partial charge in [0.25, 0.3) is 0 Å². The van der Waals surface area contributed by atoms with Crippen LogP contribution in [0, 0.1) is 3.57 Å². The molecular formula is C14H11F3INO2. The fourth-order valence-electron chi connectivity index (χ4n) is 1.69. The number of carbonyl (C=O) groups excluding carboxylic acids is 1. The highest BCUT2D eigenvalue weighted by Gasteiger charge is 2.33. The summed E-state index contributed by atoms with van der Waals surface area (Å²) in [6, 6.07) is 5.67. The lowest BCUT2D eigenvalue weighted by atomic mass is 10.1. The predicted octanol–water partition coefficient (Wildman–Crippen LogP) is 4.22. The number of Topliss-reactive ketones (excluding diaryl/α,β-unsaturated/α-hetero) is 1. The zero-order chi connectivity index (χ0) is 15.6. The Hall–Kier alpha value is -1.38. The van der Waals surface area contributed by atoms with Gasteiger partial charge in [0, 0.05) is 21.4 Å². The Morgan fingerprint density at radius 3 is 2.67 bits per heavy atom. The number of alkyl halides is 3. The number of hydrogen-bond acceptors (Lipinski definition) is 3. The molecule has 0 radical (unpaired) electrons.